The van der Waals surface area contributed by atoms with E-state index in [-0.39, 0.29) is 23.1 Å². The van der Waals surface area contributed by atoms with Crippen LogP contribution in [0.15, 0.2) is 53.4 Å². The van der Waals surface area contributed by atoms with Gasteiger partial charge in [0.2, 0.25) is 15.0 Å². The number of sulfone groups is 1. The Balaban J connectivity index is 1.86. The molecule has 0 saturated carbocycles. The number of nitrogens with one attached hydrogen (secondary N) is 1. The zero-order valence-corrected chi connectivity index (χ0v) is 14.0. The van der Waals surface area contributed by atoms with Crippen LogP contribution in [-0.2, 0) is 21.2 Å². The molecular formula is C16H14N4O4S. The van der Waals surface area contributed by atoms with E-state index in [1.54, 1.807) is 0 Å². The SMILES string of the molecule is CS(=O)(=O)c1nccc(C=C2NC(=O)N(Cc3ccccc3)C2=O)n1. The van der Waals surface area contributed by atoms with Crippen LogP contribution in [0.1, 0.15) is 11.3 Å². The Kier molecular flexibility index (Phi) is 4.32. The molecule has 1 fully saturated rings. The van der Waals surface area contributed by atoms with Gasteiger partial charge in [0.15, 0.2) is 0 Å². The molecule has 3 rings (SSSR count). The Morgan fingerprint density at radius 1 is 1.16 bits per heavy atom. The lowest BCUT2D eigenvalue weighted by Crippen LogP contribution is -2.30. The Morgan fingerprint density at radius 3 is 2.56 bits per heavy atom. The molecule has 25 heavy (non-hydrogen) atoms. The molecule has 2 aromatic rings. The molecule has 0 radical (unpaired) electrons. The van der Waals surface area contributed by atoms with Crippen LogP contribution in [0.5, 0.6) is 0 Å². The fourth-order valence-corrected chi connectivity index (χ4v) is 2.77. The number of urea groups is 1. The number of carbonyl (C=O) groups is 2. The first kappa shape index (κ1) is 16.8. The van der Waals surface area contributed by atoms with E-state index in [4.69, 9.17) is 0 Å². The second-order valence-electron chi connectivity index (χ2n) is 5.40. The highest BCUT2D eigenvalue weighted by Crippen LogP contribution is 2.16. The third kappa shape index (κ3) is 3.72. The summed E-state index contributed by atoms with van der Waals surface area (Å²) in [5, 5.41) is 2.12. The summed E-state index contributed by atoms with van der Waals surface area (Å²) < 4.78 is 23.0. The number of amides is 3. The Bertz CT molecular complexity index is 971. The van der Waals surface area contributed by atoms with Crippen LogP contribution in [0.2, 0.25) is 0 Å². The highest BCUT2D eigenvalue weighted by atomic mass is 32.2. The van der Waals surface area contributed by atoms with Crippen molar-refractivity contribution in [1.82, 2.24) is 20.2 Å². The lowest BCUT2D eigenvalue weighted by atomic mass is 10.2. The van der Waals surface area contributed by atoms with Gasteiger partial charge in [-0.2, -0.15) is 0 Å². The maximum atomic E-state index is 12.4. The minimum Gasteiger partial charge on any atom is -0.303 e. The molecule has 1 aromatic heterocycles. The van der Waals surface area contributed by atoms with Crippen molar-refractivity contribution in [2.24, 2.45) is 0 Å². The molecule has 1 aliphatic heterocycles. The molecule has 2 heterocycles. The van der Waals surface area contributed by atoms with E-state index < -0.39 is 21.8 Å². The number of aromatic nitrogens is 2. The number of nitrogens with zero attached hydrogens (tertiary/aromatic N) is 3. The van der Waals surface area contributed by atoms with Crippen LogP contribution in [-0.4, -0.2) is 41.5 Å². The van der Waals surface area contributed by atoms with E-state index in [9.17, 15) is 18.0 Å². The number of imide groups is 1. The standard InChI is InChI=1S/C16H14N4O4S/c1-25(23,24)15-17-8-7-12(18-15)9-13-14(21)20(16(22)19-13)10-11-5-3-2-4-6-11/h2-9H,10H2,1H3,(H,19,22). The smallest absolute Gasteiger partial charge is 0.303 e. The first-order valence-corrected chi connectivity index (χ1v) is 9.15. The molecule has 0 unspecified atom stereocenters. The van der Waals surface area contributed by atoms with E-state index in [0.29, 0.717) is 0 Å². The van der Waals surface area contributed by atoms with E-state index in [0.717, 1.165) is 16.7 Å². The maximum Gasteiger partial charge on any atom is 0.329 e. The maximum absolute atomic E-state index is 12.4. The summed E-state index contributed by atoms with van der Waals surface area (Å²) in [5.41, 5.74) is 1.05. The molecule has 1 N–H and O–H groups in total. The Morgan fingerprint density at radius 2 is 1.88 bits per heavy atom. The summed E-state index contributed by atoms with van der Waals surface area (Å²) >= 11 is 0. The molecule has 0 aliphatic carbocycles. The van der Waals surface area contributed by atoms with Crippen LogP contribution in [0.4, 0.5) is 4.79 Å². The van der Waals surface area contributed by atoms with Crippen LogP contribution >= 0.6 is 0 Å². The zero-order valence-electron chi connectivity index (χ0n) is 13.2. The Hall–Kier alpha value is -3.07. The average Bonchev–Trinajstić information content (AvgIpc) is 2.83. The second-order valence-corrected chi connectivity index (χ2v) is 7.31. The van der Waals surface area contributed by atoms with Crippen molar-refractivity contribution in [2.75, 3.05) is 6.26 Å². The second kappa shape index (κ2) is 6.44. The summed E-state index contributed by atoms with van der Waals surface area (Å²) in [5.74, 6) is -0.506. The molecule has 0 bridgehead atoms. The van der Waals surface area contributed by atoms with Gasteiger partial charge in [0, 0.05) is 12.5 Å². The van der Waals surface area contributed by atoms with E-state index in [2.05, 4.69) is 15.3 Å². The number of hydrogen-bond donors (Lipinski definition) is 1. The molecule has 1 aromatic carbocycles. The van der Waals surface area contributed by atoms with E-state index in [1.165, 1.54) is 18.3 Å². The van der Waals surface area contributed by atoms with Crippen molar-refractivity contribution in [3.8, 4) is 0 Å². The molecule has 0 atom stereocenters. The minimum absolute atomic E-state index is 0.0269. The topological polar surface area (TPSA) is 109 Å². The monoisotopic (exact) mass is 358 g/mol. The Labute approximate surface area is 144 Å². The molecule has 1 saturated heterocycles. The molecule has 0 spiro atoms. The fourth-order valence-electron chi connectivity index (χ4n) is 2.24. The van der Waals surface area contributed by atoms with Gasteiger partial charge in [0.25, 0.3) is 5.91 Å². The lowest BCUT2D eigenvalue weighted by molar-refractivity contribution is -0.123. The van der Waals surface area contributed by atoms with Crippen LogP contribution in [0.25, 0.3) is 6.08 Å². The van der Waals surface area contributed by atoms with Crippen LogP contribution < -0.4 is 5.32 Å². The van der Waals surface area contributed by atoms with Crippen molar-refractivity contribution in [3.63, 3.8) is 0 Å². The van der Waals surface area contributed by atoms with Gasteiger partial charge >= 0.3 is 6.03 Å². The van der Waals surface area contributed by atoms with Crippen LogP contribution in [0, 0.1) is 0 Å². The predicted molar refractivity (Wildman–Crippen MR) is 88.6 cm³/mol. The zero-order chi connectivity index (χ0) is 18.0. The lowest BCUT2D eigenvalue weighted by Gasteiger charge is -2.11. The summed E-state index contributed by atoms with van der Waals surface area (Å²) in [6, 6.07) is 10.0. The average molecular weight is 358 g/mol. The predicted octanol–water partition coefficient (Wildman–Crippen LogP) is 0.973. The number of rotatable bonds is 4. The van der Waals surface area contributed by atoms with Crippen molar-refractivity contribution in [2.45, 2.75) is 11.7 Å². The summed E-state index contributed by atoms with van der Waals surface area (Å²) in [6.45, 7) is 0.140. The van der Waals surface area contributed by atoms with Gasteiger partial charge in [0.1, 0.15) is 5.70 Å². The first-order chi connectivity index (χ1) is 11.8. The normalized spacial score (nSPS) is 16.4. The minimum atomic E-state index is -3.57. The first-order valence-electron chi connectivity index (χ1n) is 7.26. The van der Waals surface area contributed by atoms with Gasteiger partial charge in [-0.3, -0.25) is 9.69 Å². The highest BCUT2D eigenvalue weighted by Gasteiger charge is 2.33. The number of hydrogen-bond acceptors (Lipinski definition) is 6. The van der Waals surface area contributed by atoms with Gasteiger partial charge < -0.3 is 5.32 Å². The van der Waals surface area contributed by atoms with Gasteiger partial charge in [0.05, 0.1) is 12.2 Å². The quantitative estimate of drug-likeness (QED) is 0.495. The van der Waals surface area contributed by atoms with Crippen molar-refractivity contribution in [1.29, 1.82) is 0 Å². The molecular weight excluding hydrogens is 344 g/mol. The van der Waals surface area contributed by atoms with Gasteiger partial charge in [-0.15, -0.1) is 0 Å². The third-order valence-electron chi connectivity index (χ3n) is 3.42. The van der Waals surface area contributed by atoms with Crippen molar-refractivity contribution >= 4 is 27.9 Å². The molecule has 1 aliphatic rings. The molecule has 128 valence electrons. The van der Waals surface area contributed by atoms with E-state index in [1.807, 2.05) is 30.3 Å². The van der Waals surface area contributed by atoms with Crippen molar-refractivity contribution < 1.29 is 18.0 Å². The van der Waals surface area contributed by atoms with Gasteiger partial charge in [-0.25, -0.2) is 23.2 Å². The van der Waals surface area contributed by atoms with Gasteiger partial charge in [-0.05, 0) is 17.7 Å². The summed E-state index contributed by atoms with van der Waals surface area (Å²) in [6.07, 6.45) is 3.59. The van der Waals surface area contributed by atoms with Crippen molar-refractivity contribution in [3.05, 3.63) is 59.5 Å². The fraction of sp³-hybridized carbons (Fsp3) is 0.125. The molecule has 8 nitrogen and oxygen atoms in total. The molecule has 9 heteroatoms. The van der Waals surface area contributed by atoms with Crippen LogP contribution in [0.3, 0.4) is 0 Å². The van der Waals surface area contributed by atoms with E-state index >= 15 is 0 Å². The molecule has 3 amide bonds. The summed E-state index contributed by atoms with van der Waals surface area (Å²) in [4.78, 5) is 33.1. The largest absolute Gasteiger partial charge is 0.329 e. The third-order valence-corrected chi connectivity index (χ3v) is 4.28. The number of carbonyl (C=O) groups excluding carboxylic acids is 2. The highest BCUT2D eigenvalue weighted by molar-refractivity contribution is 7.90. The number of benzene rings is 1. The van der Waals surface area contributed by atoms with Gasteiger partial charge in [-0.1, -0.05) is 30.3 Å². The summed E-state index contributed by atoms with van der Waals surface area (Å²) in [7, 11) is -3.57.